The third-order valence-electron chi connectivity index (χ3n) is 4.87. The van der Waals surface area contributed by atoms with Gasteiger partial charge in [0.05, 0.1) is 10.9 Å². The van der Waals surface area contributed by atoms with E-state index in [0.29, 0.717) is 18.7 Å². The molecule has 1 aliphatic rings. The summed E-state index contributed by atoms with van der Waals surface area (Å²) in [6.45, 7) is 4.80. The zero-order valence-corrected chi connectivity index (χ0v) is 17.8. The Morgan fingerprint density at radius 1 is 1.11 bits per heavy atom. The highest BCUT2D eigenvalue weighted by Crippen LogP contribution is 2.24. The maximum atomic E-state index is 12.8. The van der Waals surface area contributed by atoms with Gasteiger partial charge in [-0.15, -0.1) is 0 Å². The molecule has 7 heteroatoms. The smallest absolute Gasteiger partial charge is 0.252 e. The van der Waals surface area contributed by atoms with Crippen LogP contribution in [0.3, 0.4) is 0 Å². The lowest BCUT2D eigenvalue weighted by Crippen LogP contribution is -2.29. The number of carbonyl (C=O) groups excluding carboxylic acids is 1. The lowest BCUT2D eigenvalue weighted by molar-refractivity contribution is 0.0939. The fourth-order valence-electron chi connectivity index (χ4n) is 3.19. The minimum Gasteiger partial charge on any atom is -0.346 e. The highest BCUT2D eigenvalue weighted by molar-refractivity contribution is 9.10. The SMILES string of the molecule is Cc1ccc(S(=O)(=O)N2CCCC2)cc1C(=O)NC(C)c1ccc(Br)cc1. The van der Waals surface area contributed by atoms with Crippen molar-refractivity contribution in [3.63, 3.8) is 0 Å². The molecule has 2 aromatic carbocycles. The van der Waals surface area contributed by atoms with Gasteiger partial charge in [0, 0.05) is 23.1 Å². The van der Waals surface area contributed by atoms with Crippen LogP contribution in [0.2, 0.25) is 0 Å². The van der Waals surface area contributed by atoms with Gasteiger partial charge in [-0.1, -0.05) is 34.1 Å². The monoisotopic (exact) mass is 450 g/mol. The number of sulfonamides is 1. The normalized spacial score (nSPS) is 16.3. The largest absolute Gasteiger partial charge is 0.346 e. The van der Waals surface area contributed by atoms with Gasteiger partial charge in [-0.2, -0.15) is 4.31 Å². The van der Waals surface area contributed by atoms with E-state index in [1.165, 1.54) is 10.4 Å². The summed E-state index contributed by atoms with van der Waals surface area (Å²) in [4.78, 5) is 13.0. The van der Waals surface area contributed by atoms with E-state index in [0.717, 1.165) is 28.4 Å². The van der Waals surface area contributed by atoms with Gasteiger partial charge in [-0.3, -0.25) is 4.79 Å². The summed E-state index contributed by atoms with van der Waals surface area (Å²) >= 11 is 3.40. The van der Waals surface area contributed by atoms with E-state index in [-0.39, 0.29) is 16.8 Å². The summed E-state index contributed by atoms with van der Waals surface area (Å²) in [5.74, 6) is -0.276. The van der Waals surface area contributed by atoms with Crippen LogP contribution in [-0.2, 0) is 10.0 Å². The van der Waals surface area contributed by atoms with Crippen LogP contribution < -0.4 is 5.32 Å². The fourth-order valence-corrected chi connectivity index (χ4v) is 5.00. The van der Waals surface area contributed by atoms with Crippen molar-refractivity contribution in [3.05, 3.63) is 63.6 Å². The Morgan fingerprint density at radius 2 is 1.74 bits per heavy atom. The first-order valence-corrected chi connectivity index (χ1v) is 11.2. The highest BCUT2D eigenvalue weighted by Gasteiger charge is 2.28. The number of halogens is 1. The molecule has 2 aromatic rings. The summed E-state index contributed by atoms with van der Waals surface area (Å²) in [6.07, 6.45) is 1.76. The predicted octanol–water partition coefficient (Wildman–Crippen LogP) is 4.03. The zero-order valence-electron chi connectivity index (χ0n) is 15.4. The Bertz CT molecular complexity index is 936. The van der Waals surface area contributed by atoms with Gasteiger partial charge >= 0.3 is 0 Å². The number of benzene rings is 2. The standard InChI is InChI=1S/C20H23BrN2O3S/c1-14-5-10-18(27(25,26)23-11-3-4-12-23)13-19(14)20(24)22-15(2)16-6-8-17(21)9-7-16/h5-10,13,15H,3-4,11-12H2,1-2H3,(H,22,24). The topological polar surface area (TPSA) is 66.5 Å². The maximum absolute atomic E-state index is 12.8. The number of carbonyl (C=O) groups is 1. The van der Waals surface area contributed by atoms with Crippen LogP contribution in [0.1, 0.15) is 47.3 Å². The molecule has 0 saturated carbocycles. The first-order valence-electron chi connectivity index (χ1n) is 8.96. The number of nitrogens with one attached hydrogen (secondary N) is 1. The number of nitrogens with zero attached hydrogens (tertiary/aromatic N) is 1. The lowest BCUT2D eigenvalue weighted by atomic mass is 10.1. The third kappa shape index (κ3) is 4.42. The Balaban J connectivity index is 1.83. The van der Waals surface area contributed by atoms with Crippen molar-refractivity contribution in [2.24, 2.45) is 0 Å². The molecule has 0 aliphatic carbocycles. The van der Waals surface area contributed by atoms with Gasteiger partial charge in [0.1, 0.15) is 0 Å². The van der Waals surface area contributed by atoms with E-state index in [1.54, 1.807) is 12.1 Å². The van der Waals surface area contributed by atoms with Crippen LogP contribution in [0, 0.1) is 6.92 Å². The number of aryl methyl sites for hydroxylation is 1. The second-order valence-corrected chi connectivity index (χ2v) is 9.69. The van der Waals surface area contributed by atoms with Gasteiger partial charge in [-0.05, 0) is 62.1 Å². The van der Waals surface area contributed by atoms with Crippen LogP contribution in [0.4, 0.5) is 0 Å². The quantitative estimate of drug-likeness (QED) is 0.747. The van der Waals surface area contributed by atoms with Gasteiger partial charge in [0.25, 0.3) is 5.91 Å². The lowest BCUT2D eigenvalue weighted by Gasteiger charge is -2.18. The average Bonchev–Trinajstić information content (AvgIpc) is 3.18. The molecule has 144 valence electrons. The van der Waals surface area contributed by atoms with Crippen LogP contribution in [0.15, 0.2) is 51.8 Å². The van der Waals surface area contributed by atoms with Crippen LogP contribution in [-0.4, -0.2) is 31.7 Å². The predicted molar refractivity (Wildman–Crippen MR) is 109 cm³/mol. The molecule has 0 bridgehead atoms. The Kier molecular flexibility index (Phi) is 6.03. The van der Waals surface area contributed by atoms with E-state index in [2.05, 4.69) is 21.2 Å². The molecule has 0 aromatic heterocycles. The van der Waals surface area contributed by atoms with Crippen molar-refractivity contribution in [3.8, 4) is 0 Å². The summed E-state index contributed by atoms with van der Waals surface area (Å²) in [5, 5.41) is 2.96. The van der Waals surface area contributed by atoms with Crippen molar-refractivity contribution in [2.45, 2.75) is 37.6 Å². The molecule has 1 atom stereocenters. The maximum Gasteiger partial charge on any atom is 0.252 e. The summed E-state index contributed by atoms with van der Waals surface area (Å²) in [6, 6.07) is 12.3. The molecule has 27 heavy (non-hydrogen) atoms. The van der Waals surface area contributed by atoms with Gasteiger partial charge in [0.15, 0.2) is 0 Å². The molecule has 3 rings (SSSR count). The summed E-state index contributed by atoms with van der Waals surface area (Å²) in [7, 11) is -3.55. The van der Waals surface area contributed by atoms with E-state index in [9.17, 15) is 13.2 Å². The van der Waals surface area contributed by atoms with Crippen molar-refractivity contribution in [1.29, 1.82) is 0 Å². The molecule has 1 unspecified atom stereocenters. The minimum absolute atomic E-state index is 0.177. The van der Waals surface area contributed by atoms with Crippen LogP contribution in [0.25, 0.3) is 0 Å². The summed E-state index contributed by atoms with van der Waals surface area (Å²) in [5.41, 5.74) is 2.11. The molecule has 1 aliphatic heterocycles. The van der Waals surface area contributed by atoms with Gasteiger partial charge in [-0.25, -0.2) is 8.42 Å². The summed E-state index contributed by atoms with van der Waals surface area (Å²) < 4.78 is 28.0. The molecule has 1 heterocycles. The molecule has 0 radical (unpaired) electrons. The highest BCUT2D eigenvalue weighted by atomic mass is 79.9. The van der Waals surface area contributed by atoms with Crippen molar-refractivity contribution in [1.82, 2.24) is 9.62 Å². The second kappa shape index (κ2) is 8.12. The van der Waals surface area contributed by atoms with Gasteiger partial charge < -0.3 is 5.32 Å². The van der Waals surface area contributed by atoms with E-state index < -0.39 is 10.0 Å². The molecule has 1 saturated heterocycles. The van der Waals surface area contributed by atoms with Crippen molar-refractivity contribution < 1.29 is 13.2 Å². The number of amides is 1. The molecular formula is C20H23BrN2O3S. The first kappa shape index (κ1) is 20.0. The van der Waals surface area contributed by atoms with Gasteiger partial charge in [0.2, 0.25) is 10.0 Å². The zero-order chi connectivity index (χ0) is 19.6. The molecular weight excluding hydrogens is 428 g/mol. The molecule has 0 spiro atoms. The minimum atomic E-state index is -3.55. The number of hydrogen-bond acceptors (Lipinski definition) is 3. The van der Waals surface area contributed by atoms with Crippen LogP contribution in [0.5, 0.6) is 0 Å². The van der Waals surface area contributed by atoms with E-state index in [4.69, 9.17) is 0 Å². The van der Waals surface area contributed by atoms with Crippen molar-refractivity contribution in [2.75, 3.05) is 13.1 Å². The molecule has 5 nitrogen and oxygen atoms in total. The Hall–Kier alpha value is -1.70. The number of hydrogen-bond donors (Lipinski definition) is 1. The number of rotatable bonds is 5. The average molecular weight is 451 g/mol. The van der Waals surface area contributed by atoms with Crippen molar-refractivity contribution >= 4 is 31.9 Å². The Labute approximate surface area is 169 Å². The molecule has 1 fully saturated rings. The Morgan fingerprint density at radius 3 is 2.37 bits per heavy atom. The van der Waals surface area contributed by atoms with Crippen LogP contribution >= 0.6 is 15.9 Å². The first-order chi connectivity index (χ1) is 12.8. The fraction of sp³-hybridized carbons (Fsp3) is 0.350. The molecule has 1 N–H and O–H groups in total. The third-order valence-corrected chi connectivity index (χ3v) is 7.30. The van der Waals surface area contributed by atoms with E-state index >= 15 is 0 Å². The molecule has 1 amide bonds. The second-order valence-electron chi connectivity index (χ2n) is 6.83. The van der Waals surface area contributed by atoms with E-state index in [1.807, 2.05) is 38.1 Å².